The summed E-state index contributed by atoms with van der Waals surface area (Å²) in [5.41, 5.74) is -0.497. The lowest BCUT2D eigenvalue weighted by molar-refractivity contribution is 0.146. The van der Waals surface area contributed by atoms with Crippen LogP contribution in [-0.2, 0) is 4.57 Å². The molecule has 0 bridgehead atoms. The Morgan fingerprint density at radius 3 is 2.04 bits per heavy atom. The van der Waals surface area contributed by atoms with Crippen molar-refractivity contribution in [2.75, 3.05) is 6.16 Å². The van der Waals surface area contributed by atoms with Crippen LogP contribution in [0.1, 0.15) is 12.5 Å². The summed E-state index contributed by atoms with van der Waals surface area (Å²) in [6.45, 7) is 1.63. The summed E-state index contributed by atoms with van der Waals surface area (Å²) in [7, 11) is -3.00. The van der Waals surface area contributed by atoms with Crippen molar-refractivity contribution in [1.82, 2.24) is 0 Å². The summed E-state index contributed by atoms with van der Waals surface area (Å²) in [5.74, 6) is 5.88. The first kappa shape index (κ1) is 17.7. The Bertz CT molecular complexity index is 877. The Morgan fingerprint density at radius 1 is 1.00 bits per heavy atom. The molecule has 2 aromatic carbocycles. The summed E-state index contributed by atoms with van der Waals surface area (Å²) in [5, 5.41) is 16.2. The molecular weight excluding hydrogens is 347 g/mol. The van der Waals surface area contributed by atoms with Gasteiger partial charge in [0.2, 0.25) is 0 Å². The molecule has 0 saturated heterocycles. The molecule has 4 heteroatoms. The fraction of sp³-hybridized carbons (Fsp3) is 0.143. The Morgan fingerprint density at radius 2 is 1.56 bits per heavy atom. The SMILES string of the molecule is C[C@](O)(C#Cc1ccsc1)CP(=O)(c1ccccc1)c1ccccc1. The van der Waals surface area contributed by atoms with Crippen molar-refractivity contribution in [3.8, 4) is 11.8 Å². The highest BCUT2D eigenvalue weighted by atomic mass is 32.1. The number of benzene rings is 2. The number of hydrogen-bond donors (Lipinski definition) is 1. The van der Waals surface area contributed by atoms with Crippen LogP contribution < -0.4 is 10.6 Å². The zero-order valence-electron chi connectivity index (χ0n) is 13.9. The predicted molar refractivity (Wildman–Crippen MR) is 106 cm³/mol. The van der Waals surface area contributed by atoms with Gasteiger partial charge in [-0.15, -0.1) is 0 Å². The quantitative estimate of drug-likeness (QED) is 0.562. The maximum absolute atomic E-state index is 14.0. The first-order valence-corrected chi connectivity index (χ1v) is 10.8. The standard InChI is InChI=1S/C21H19O2PS/c1-21(22,14-12-18-13-15-25-16-18)17-24(23,19-8-4-2-5-9-19)20-10-6-3-7-11-20/h2-11,13,15-16,22H,17H2,1H3/t21-/m0/s1. The third-order valence-corrected chi connectivity index (χ3v) is 7.88. The van der Waals surface area contributed by atoms with Crippen molar-refractivity contribution >= 4 is 29.1 Å². The first-order chi connectivity index (χ1) is 12.0. The molecule has 3 rings (SSSR count). The molecule has 2 nitrogen and oxygen atoms in total. The van der Waals surface area contributed by atoms with Crippen molar-refractivity contribution < 1.29 is 9.67 Å². The topological polar surface area (TPSA) is 37.3 Å². The van der Waals surface area contributed by atoms with E-state index in [0.717, 1.165) is 16.2 Å². The Hall–Kier alpha value is -2.11. The van der Waals surface area contributed by atoms with Crippen LogP contribution >= 0.6 is 18.5 Å². The molecule has 0 aliphatic carbocycles. The number of hydrogen-bond acceptors (Lipinski definition) is 3. The van der Waals surface area contributed by atoms with Crippen molar-refractivity contribution in [1.29, 1.82) is 0 Å². The zero-order valence-corrected chi connectivity index (χ0v) is 15.6. The molecule has 1 N–H and O–H groups in total. The number of rotatable bonds is 4. The highest BCUT2D eigenvalue weighted by Gasteiger charge is 2.35. The molecule has 0 amide bonds. The van der Waals surface area contributed by atoms with Gasteiger partial charge in [-0.2, -0.15) is 11.3 Å². The molecule has 0 spiro atoms. The highest BCUT2D eigenvalue weighted by molar-refractivity contribution is 7.78. The molecule has 0 aliphatic rings. The monoisotopic (exact) mass is 366 g/mol. The fourth-order valence-corrected chi connectivity index (χ4v) is 6.19. The molecule has 1 heterocycles. The first-order valence-electron chi connectivity index (χ1n) is 7.98. The van der Waals surface area contributed by atoms with E-state index in [2.05, 4.69) is 11.8 Å². The minimum atomic E-state index is -3.00. The second kappa shape index (κ2) is 7.42. The second-order valence-electron chi connectivity index (χ2n) is 6.10. The maximum Gasteiger partial charge on any atom is 0.147 e. The fourth-order valence-electron chi connectivity index (χ4n) is 2.68. The van der Waals surface area contributed by atoms with Crippen LogP contribution in [-0.4, -0.2) is 16.9 Å². The molecule has 0 aliphatic heterocycles. The minimum absolute atomic E-state index is 0.0746. The van der Waals surface area contributed by atoms with Crippen LogP contribution in [0.15, 0.2) is 77.5 Å². The van der Waals surface area contributed by atoms with Crippen LogP contribution in [0, 0.1) is 11.8 Å². The molecule has 3 aromatic rings. The van der Waals surface area contributed by atoms with Crippen molar-refractivity contribution in [3.05, 3.63) is 83.1 Å². The van der Waals surface area contributed by atoms with Gasteiger partial charge in [0, 0.05) is 27.7 Å². The molecule has 0 fully saturated rings. The molecule has 1 atom stereocenters. The second-order valence-corrected chi connectivity index (χ2v) is 9.71. The van der Waals surface area contributed by atoms with Crippen LogP contribution in [0.4, 0.5) is 0 Å². The third-order valence-electron chi connectivity index (χ3n) is 3.87. The summed E-state index contributed by atoms with van der Waals surface area (Å²) in [6.07, 6.45) is 0.0746. The van der Waals surface area contributed by atoms with Crippen molar-refractivity contribution in [2.24, 2.45) is 0 Å². The van der Waals surface area contributed by atoms with Crippen LogP contribution in [0.2, 0.25) is 0 Å². The van der Waals surface area contributed by atoms with Crippen molar-refractivity contribution in [3.63, 3.8) is 0 Å². The summed E-state index contributed by atoms with van der Waals surface area (Å²) in [6, 6.07) is 20.6. The van der Waals surface area contributed by atoms with E-state index in [4.69, 9.17) is 0 Å². The largest absolute Gasteiger partial charge is 0.377 e. The lowest BCUT2D eigenvalue weighted by atomic mass is 10.1. The average molecular weight is 366 g/mol. The highest BCUT2D eigenvalue weighted by Crippen LogP contribution is 2.45. The van der Waals surface area contributed by atoms with Crippen LogP contribution in [0.3, 0.4) is 0 Å². The van der Waals surface area contributed by atoms with E-state index in [1.54, 1.807) is 18.3 Å². The molecule has 1 aromatic heterocycles. The van der Waals surface area contributed by atoms with E-state index >= 15 is 0 Å². The van der Waals surface area contributed by atoms with Crippen LogP contribution in [0.25, 0.3) is 0 Å². The molecule has 25 heavy (non-hydrogen) atoms. The molecule has 0 saturated carbocycles. The zero-order chi connectivity index (χ0) is 17.8. The Kier molecular flexibility index (Phi) is 5.25. The van der Waals surface area contributed by atoms with Gasteiger partial charge >= 0.3 is 0 Å². The molecule has 0 unspecified atom stereocenters. The summed E-state index contributed by atoms with van der Waals surface area (Å²) in [4.78, 5) is 0. The number of aliphatic hydroxyl groups is 1. The smallest absolute Gasteiger partial charge is 0.147 e. The molecular formula is C21H19O2PS. The van der Waals surface area contributed by atoms with E-state index in [9.17, 15) is 9.67 Å². The van der Waals surface area contributed by atoms with Crippen LogP contribution in [0.5, 0.6) is 0 Å². The Labute approximate surface area is 152 Å². The number of thiophene rings is 1. The maximum atomic E-state index is 14.0. The lowest BCUT2D eigenvalue weighted by Gasteiger charge is -2.25. The van der Waals surface area contributed by atoms with Crippen molar-refractivity contribution in [2.45, 2.75) is 12.5 Å². The normalized spacial score (nSPS) is 13.5. The van der Waals surface area contributed by atoms with Gasteiger partial charge < -0.3 is 9.67 Å². The van der Waals surface area contributed by atoms with Gasteiger partial charge in [-0.1, -0.05) is 72.5 Å². The van der Waals surface area contributed by atoms with Gasteiger partial charge in [-0.25, -0.2) is 0 Å². The van der Waals surface area contributed by atoms with E-state index < -0.39 is 12.7 Å². The van der Waals surface area contributed by atoms with E-state index in [1.165, 1.54) is 0 Å². The molecule has 0 radical (unpaired) electrons. The lowest BCUT2D eigenvalue weighted by Crippen LogP contribution is -2.33. The molecule has 126 valence electrons. The summed E-state index contributed by atoms with van der Waals surface area (Å²) < 4.78 is 14.0. The van der Waals surface area contributed by atoms with Gasteiger partial charge in [0.05, 0.1) is 0 Å². The Balaban J connectivity index is 2.00. The third kappa shape index (κ3) is 4.30. The predicted octanol–water partition coefficient (Wildman–Crippen LogP) is 3.86. The van der Waals surface area contributed by atoms with E-state index in [-0.39, 0.29) is 6.16 Å². The summed E-state index contributed by atoms with van der Waals surface area (Å²) >= 11 is 1.56. The van der Waals surface area contributed by atoms with E-state index in [0.29, 0.717) is 0 Å². The van der Waals surface area contributed by atoms with Gasteiger partial charge in [0.15, 0.2) is 0 Å². The van der Waals surface area contributed by atoms with Gasteiger partial charge in [0.25, 0.3) is 0 Å². The minimum Gasteiger partial charge on any atom is -0.377 e. The van der Waals surface area contributed by atoms with E-state index in [1.807, 2.05) is 77.5 Å². The van der Waals surface area contributed by atoms with Gasteiger partial charge in [-0.05, 0) is 18.4 Å². The van der Waals surface area contributed by atoms with Gasteiger partial charge in [-0.3, -0.25) is 0 Å². The van der Waals surface area contributed by atoms with Gasteiger partial charge in [0.1, 0.15) is 12.7 Å². The average Bonchev–Trinajstić information content (AvgIpc) is 3.15.